The molecular formula is C12H15BO3. The summed E-state index contributed by atoms with van der Waals surface area (Å²) in [5, 5.41) is 0. The molecule has 0 saturated carbocycles. The summed E-state index contributed by atoms with van der Waals surface area (Å²) in [6.45, 7) is 2.68. The number of carbonyl (C=O) groups excluding carboxylic acids is 1. The van der Waals surface area contributed by atoms with Crippen molar-refractivity contribution in [2.75, 3.05) is 13.7 Å². The molecule has 0 aliphatic carbocycles. The number of hydrogen-bond donors (Lipinski definition) is 0. The Morgan fingerprint density at radius 3 is 2.75 bits per heavy atom. The topological polar surface area (TPSA) is 35.5 Å². The number of hydrogen-bond acceptors (Lipinski definition) is 3. The van der Waals surface area contributed by atoms with Gasteiger partial charge in [0.25, 0.3) is 0 Å². The molecule has 0 unspecified atom stereocenters. The lowest BCUT2D eigenvalue weighted by Crippen LogP contribution is -2.13. The third-order valence-electron chi connectivity index (χ3n) is 2.21. The Bertz CT molecular complexity index is 364. The second-order valence-corrected chi connectivity index (χ2v) is 3.46. The fourth-order valence-corrected chi connectivity index (χ4v) is 1.34. The fourth-order valence-electron chi connectivity index (χ4n) is 1.34. The van der Waals surface area contributed by atoms with E-state index in [2.05, 4.69) is 6.92 Å². The van der Waals surface area contributed by atoms with Crippen LogP contribution in [0.3, 0.4) is 0 Å². The number of aldehydes is 1. The standard InChI is InChI=1S/C12H15BO3/c1-3-4-5-16-12-10(13)6-9(8-14)7-11(12)15-2/h6-8H,3-5H2,1-2H3. The normalized spacial score (nSPS) is 9.88. The van der Waals surface area contributed by atoms with Crippen LogP contribution in [-0.4, -0.2) is 27.8 Å². The van der Waals surface area contributed by atoms with Gasteiger partial charge < -0.3 is 9.47 Å². The first-order chi connectivity index (χ1) is 7.72. The molecule has 1 aromatic carbocycles. The first-order valence-electron chi connectivity index (χ1n) is 5.28. The average Bonchev–Trinajstić information content (AvgIpc) is 2.30. The van der Waals surface area contributed by atoms with E-state index in [4.69, 9.17) is 17.3 Å². The van der Waals surface area contributed by atoms with E-state index >= 15 is 0 Å². The van der Waals surface area contributed by atoms with Crippen LogP contribution in [0, 0.1) is 0 Å². The summed E-state index contributed by atoms with van der Waals surface area (Å²) in [6, 6.07) is 3.20. The van der Waals surface area contributed by atoms with E-state index in [1.54, 1.807) is 12.1 Å². The summed E-state index contributed by atoms with van der Waals surface area (Å²) in [5.41, 5.74) is 0.912. The molecule has 0 heterocycles. The lowest BCUT2D eigenvalue weighted by Gasteiger charge is -2.14. The molecule has 0 aromatic heterocycles. The molecule has 3 nitrogen and oxygen atoms in total. The molecule has 16 heavy (non-hydrogen) atoms. The van der Waals surface area contributed by atoms with Crippen LogP contribution in [0.5, 0.6) is 11.5 Å². The van der Waals surface area contributed by atoms with Crippen LogP contribution in [0.25, 0.3) is 0 Å². The van der Waals surface area contributed by atoms with Gasteiger partial charge in [-0.2, -0.15) is 0 Å². The Morgan fingerprint density at radius 2 is 2.19 bits per heavy atom. The molecule has 0 amide bonds. The predicted octanol–water partition coefficient (Wildman–Crippen LogP) is 1.48. The van der Waals surface area contributed by atoms with Gasteiger partial charge in [-0.1, -0.05) is 24.9 Å². The highest BCUT2D eigenvalue weighted by atomic mass is 16.5. The molecule has 0 N–H and O–H groups in total. The van der Waals surface area contributed by atoms with Crippen LogP contribution < -0.4 is 14.9 Å². The molecular weight excluding hydrogens is 203 g/mol. The highest BCUT2D eigenvalue weighted by Crippen LogP contribution is 2.25. The molecule has 84 valence electrons. The smallest absolute Gasteiger partial charge is 0.160 e. The van der Waals surface area contributed by atoms with Gasteiger partial charge in [0.15, 0.2) is 11.5 Å². The Hall–Kier alpha value is -1.45. The number of methoxy groups -OCH3 is 1. The Morgan fingerprint density at radius 1 is 1.44 bits per heavy atom. The third-order valence-corrected chi connectivity index (χ3v) is 2.21. The van der Waals surface area contributed by atoms with Crippen LogP contribution in [0.1, 0.15) is 30.1 Å². The quantitative estimate of drug-likeness (QED) is 0.412. The Kier molecular flexibility index (Phi) is 4.90. The summed E-state index contributed by atoms with van der Waals surface area (Å²) in [7, 11) is 7.32. The summed E-state index contributed by atoms with van der Waals surface area (Å²) < 4.78 is 10.7. The molecule has 0 aliphatic heterocycles. The van der Waals surface area contributed by atoms with Crippen LogP contribution in [0.2, 0.25) is 0 Å². The largest absolute Gasteiger partial charge is 0.493 e. The molecule has 4 heteroatoms. The zero-order valence-electron chi connectivity index (χ0n) is 9.66. The molecule has 2 radical (unpaired) electrons. The minimum absolute atomic E-state index is 0.428. The van der Waals surface area contributed by atoms with Crippen LogP contribution in [0.15, 0.2) is 12.1 Å². The molecule has 0 fully saturated rings. The maximum atomic E-state index is 10.6. The minimum Gasteiger partial charge on any atom is -0.493 e. The van der Waals surface area contributed by atoms with Crippen molar-refractivity contribution in [2.24, 2.45) is 0 Å². The van der Waals surface area contributed by atoms with Gasteiger partial charge in [-0.05, 0) is 12.5 Å². The lowest BCUT2D eigenvalue weighted by molar-refractivity contribution is 0.112. The van der Waals surface area contributed by atoms with Crippen molar-refractivity contribution in [3.8, 4) is 11.5 Å². The van der Waals surface area contributed by atoms with Gasteiger partial charge in [0, 0.05) is 5.56 Å². The Balaban J connectivity index is 2.92. The molecule has 0 saturated heterocycles. The van der Waals surface area contributed by atoms with Crippen molar-refractivity contribution < 1.29 is 14.3 Å². The summed E-state index contributed by atoms with van der Waals surface area (Å²) in [6.07, 6.45) is 2.74. The first kappa shape index (κ1) is 12.6. The van der Waals surface area contributed by atoms with Gasteiger partial charge >= 0.3 is 0 Å². The van der Waals surface area contributed by atoms with Crippen molar-refractivity contribution in [1.29, 1.82) is 0 Å². The average molecular weight is 218 g/mol. The third kappa shape index (κ3) is 3.02. The zero-order valence-corrected chi connectivity index (χ0v) is 9.66. The van der Waals surface area contributed by atoms with Crippen LogP contribution in [0.4, 0.5) is 0 Å². The maximum Gasteiger partial charge on any atom is 0.160 e. The van der Waals surface area contributed by atoms with Crippen molar-refractivity contribution in [1.82, 2.24) is 0 Å². The van der Waals surface area contributed by atoms with Gasteiger partial charge in [-0.25, -0.2) is 0 Å². The Labute approximate surface area is 97.2 Å². The number of ether oxygens (including phenoxy) is 2. The lowest BCUT2D eigenvalue weighted by atomic mass is 9.92. The van der Waals surface area contributed by atoms with Crippen molar-refractivity contribution >= 4 is 19.6 Å². The number of unbranched alkanes of at least 4 members (excludes halogenated alkanes) is 1. The second-order valence-electron chi connectivity index (χ2n) is 3.46. The van der Waals surface area contributed by atoms with E-state index in [-0.39, 0.29) is 0 Å². The highest BCUT2D eigenvalue weighted by molar-refractivity contribution is 6.35. The van der Waals surface area contributed by atoms with Crippen LogP contribution in [-0.2, 0) is 0 Å². The van der Waals surface area contributed by atoms with Gasteiger partial charge in [0.1, 0.15) is 14.1 Å². The second kappa shape index (κ2) is 6.21. The molecule has 0 aliphatic rings. The van der Waals surface area contributed by atoms with Gasteiger partial charge in [-0.3, -0.25) is 4.79 Å². The number of benzene rings is 1. The first-order valence-corrected chi connectivity index (χ1v) is 5.28. The summed E-state index contributed by atoms with van der Waals surface area (Å²) in [5.74, 6) is 1.01. The van der Waals surface area contributed by atoms with Gasteiger partial charge in [0.2, 0.25) is 0 Å². The number of carbonyl (C=O) groups is 1. The van der Waals surface area contributed by atoms with E-state index in [1.807, 2.05) is 0 Å². The van der Waals surface area contributed by atoms with E-state index in [1.165, 1.54) is 7.11 Å². The fraction of sp³-hybridized carbons (Fsp3) is 0.417. The minimum atomic E-state index is 0.428. The molecule has 1 rings (SSSR count). The van der Waals surface area contributed by atoms with Gasteiger partial charge in [0.05, 0.1) is 13.7 Å². The van der Waals surface area contributed by atoms with Crippen molar-refractivity contribution in [3.63, 3.8) is 0 Å². The van der Waals surface area contributed by atoms with Crippen molar-refractivity contribution in [3.05, 3.63) is 17.7 Å². The number of rotatable bonds is 6. The molecule has 0 spiro atoms. The summed E-state index contributed by atoms with van der Waals surface area (Å²) >= 11 is 0. The molecule has 0 atom stereocenters. The SMILES string of the molecule is [B]c1cc(C=O)cc(OC)c1OCCCC. The van der Waals surface area contributed by atoms with Crippen molar-refractivity contribution in [2.45, 2.75) is 19.8 Å². The predicted molar refractivity (Wildman–Crippen MR) is 64.2 cm³/mol. The van der Waals surface area contributed by atoms with Gasteiger partial charge in [-0.15, -0.1) is 0 Å². The van der Waals surface area contributed by atoms with Crippen LogP contribution >= 0.6 is 0 Å². The van der Waals surface area contributed by atoms with E-state index in [0.717, 1.165) is 19.1 Å². The van der Waals surface area contributed by atoms with E-state index in [9.17, 15) is 4.79 Å². The summed E-state index contributed by atoms with van der Waals surface area (Å²) in [4.78, 5) is 10.6. The zero-order chi connectivity index (χ0) is 12.0. The highest BCUT2D eigenvalue weighted by Gasteiger charge is 2.09. The molecule has 0 bridgehead atoms. The van der Waals surface area contributed by atoms with E-state index in [0.29, 0.717) is 29.1 Å². The molecule has 1 aromatic rings. The van der Waals surface area contributed by atoms with E-state index < -0.39 is 0 Å². The maximum absolute atomic E-state index is 10.6. The monoisotopic (exact) mass is 218 g/mol.